The number of nitrogens with zero attached hydrogens (tertiary/aromatic N) is 2. The van der Waals surface area contributed by atoms with Crippen molar-refractivity contribution in [3.63, 3.8) is 0 Å². The molecule has 0 saturated carbocycles. The molecule has 1 fully saturated rings. The van der Waals surface area contributed by atoms with Crippen LogP contribution in [0.2, 0.25) is 0 Å². The number of aryl methyl sites for hydroxylation is 2. The Morgan fingerprint density at radius 1 is 1.04 bits per heavy atom. The van der Waals surface area contributed by atoms with Gasteiger partial charge < -0.3 is 9.80 Å². The van der Waals surface area contributed by atoms with Crippen LogP contribution in [0.3, 0.4) is 0 Å². The number of rotatable bonds is 3. The van der Waals surface area contributed by atoms with E-state index < -0.39 is 0 Å². The van der Waals surface area contributed by atoms with Crippen molar-refractivity contribution in [2.24, 2.45) is 0 Å². The predicted octanol–water partition coefficient (Wildman–Crippen LogP) is 4.32. The predicted molar refractivity (Wildman–Crippen MR) is 102 cm³/mol. The van der Waals surface area contributed by atoms with Crippen molar-refractivity contribution >= 4 is 11.6 Å². The monoisotopic (exact) mass is 352 g/mol. The molecule has 0 bridgehead atoms. The van der Waals surface area contributed by atoms with Crippen LogP contribution in [0.1, 0.15) is 46.3 Å². The summed E-state index contributed by atoms with van der Waals surface area (Å²) in [6, 6.07) is 11.5. The molecular weight excluding hydrogens is 327 g/mol. The van der Waals surface area contributed by atoms with Crippen LogP contribution < -0.4 is 4.90 Å². The van der Waals surface area contributed by atoms with Gasteiger partial charge in [0.2, 0.25) is 0 Å². The maximum absolute atomic E-state index is 14.5. The highest BCUT2D eigenvalue weighted by Gasteiger charge is 2.22. The molecular formula is C22H25FN2O. The minimum absolute atomic E-state index is 0.124. The third kappa shape index (κ3) is 3.33. The molecule has 1 saturated heterocycles. The second kappa shape index (κ2) is 7.10. The van der Waals surface area contributed by atoms with E-state index in [1.165, 1.54) is 0 Å². The SMILES string of the molecule is Cc1cc(F)c2c(c1)CCCN2Cc1ccc(C(=O)N2CCCC2)cc1. The molecule has 1 amide bonds. The van der Waals surface area contributed by atoms with E-state index in [2.05, 4.69) is 11.0 Å². The molecule has 2 heterocycles. The Balaban J connectivity index is 1.51. The fourth-order valence-electron chi connectivity index (χ4n) is 4.16. The van der Waals surface area contributed by atoms with E-state index in [0.717, 1.165) is 73.3 Å². The summed E-state index contributed by atoms with van der Waals surface area (Å²) in [5.41, 5.74) is 4.69. The van der Waals surface area contributed by atoms with Crippen molar-refractivity contribution in [3.05, 3.63) is 64.5 Å². The fraction of sp³-hybridized carbons (Fsp3) is 0.409. The lowest BCUT2D eigenvalue weighted by atomic mass is 9.98. The smallest absolute Gasteiger partial charge is 0.253 e. The van der Waals surface area contributed by atoms with E-state index in [9.17, 15) is 9.18 Å². The van der Waals surface area contributed by atoms with Crippen LogP contribution in [-0.2, 0) is 13.0 Å². The average Bonchev–Trinajstić information content (AvgIpc) is 3.16. The molecule has 4 rings (SSSR count). The van der Waals surface area contributed by atoms with Crippen molar-refractivity contribution < 1.29 is 9.18 Å². The maximum atomic E-state index is 14.5. The molecule has 0 atom stereocenters. The van der Waals surface area contributed by atoms with E-state index in [1.807, 2.05) is 36.1 Å². The zero-order valence-electron chi connectivity index (χ0n) is 15.3. The quantitative estimate of drug-likeness (QED) is 0.821. The summed E-state index contributed by atoms with van der Waals surface area (Å²) < 4.78 is 14.5. The summed E-state index contributed by atoms with van der Waals surface area (Å²) in [5.74, 6) is -0.000538. The number of carbonyl (C=O) groups excluding carboxylic acids is 1. The molecule has 0 radical (unpaired) electrons. The molecule has 26 heavy (non-hydrogen) atoms. The number of hydrogen-bond acceptors (Lipinski definition) is 2. The molecule has 0 N–H and O–H groups in total. The molecule has 0 spiro atoms. The summed E-state index contributed by atoms with van der Waals surface area (Å²) in [5, 5.41) is 0. The van der Waals surface area contributed by atoms with Crippen LogP contribution >= 0.6 is 0 Å². The van der Waals surface area contributed by atoms with E-state index in [4.69, 9.17) is 0 Å². The van der Waals surface area contributed by atoms with Crippen molar-refractivity contribution in [1.29, 1.82) is 0 Å². The molecule has 0 aliphatic carbocycles. The zero-order valence-corrected chi connectivity index (χ0v) is 15.3. The van der Waals surface area contributed by atoms with Crippen molar-refractivity contribution in [3.8, 4) is 0 Å². The molecule has 2 aromatic carbocycles. The molecule has 3 nitrogen and oxygen atoms in total. The van der Waals surface area contributed by atoms with Gasteiger partial charge in [-0.25, -0.2) is 4.39 Å². The first-order valence-corrected chi connectivity index (χ1v) is 9.54. The summed E-state index contributed by atoms with van der Waals surface area (Å²) in [6.45, 7) is 5.21. The molecule has 2 aliphatic rings. The lowest BCUT2D eigenvalue weighted by Gasteiger charge is -2.32. The lowest BCUT2D eigenvalue weighted by molar-refractivity contribution is 0.0793. The normalized spacial score (nSPS) is 16.7. The second-order valence-corrected chi connectivity index (χ2v) is 7.48. The maximum Gasteiger partial charge on any atom is 0.253 e. The number of benzene rings is 2. The van der Waals surface area contributed by atoms with Gasteiger partial charge in [-0.2, -0.15) is 0 Å². The summed E-state index contributed by atoms with van der Waals surface area (Å²) >= 11 is 0. The van der Waals surface area contributed by atoms with Gasteiger partial charge in [0.25, 0.3) is 5.91 Å². The van der Waals surface area contributed by atoms with Crippen LogP contribution in [0.5, 0.6) is 0 Å². The first kappa shape index (κ1) is 17.1. The minimum Gasteiger partial charge on any atom is -0.365 e. The Bertz CT molecular complexity index is 810. The van der Waals surface area contributed by atoms with Gasteiger partial charge >= 0.3 is 0 Å². The van der Waals surface area contributed by atoms with Gasteiger partial charge in [-0.15, -0.1) is 0 Å². The van der Waals surface area contributed by atoms with Gasteiger partial charge in [-0.1, -0.05) is 18.2 Å². The highest BCUT2D eigenvalue weighted by Crippen LogP contribution is 2.32. The van der Waals surface area contributed by atoms with Gasteiger partial charge in [0, 0.05) is 31.7 Å². The van der Waals surface area contributed by atoms with Crippen LogP contribution in [0.15, 0.2) is 36.4 Å². The third-order valence-electron chi connectivity index (χ3n) is 5.44. The first-order chi connectivity index (χ1) is 12.6. The molecule has 4 heteroatoms. The Morgan fingerprint density at radius 2 is 1.77 bits per heavy atom. The van der Waals surface area contributed by atoms with E-state index in [1.54, 1.807) is 6.07 Å². The Labute approximate surface area is 154 Å². The summed E-state index contributed by atoms with van der Waals surface area (Å²) in [7, 11) is 0. The number of fused-ring (bicyclic) bond motifs is 1. The van der Waals surface area contributed by atoms with E-state index >= 15 is 0 Å². The van der Waals surface area contributed by atoms with Gasteiger partial charge in [-0.05, 0) is 67.5 Å². The van der Waals surface area contributed by atoms with Crippen LogP contribution in [0.25, 0.3) is 0 Å². The van der Waals surface area contributed by atoms with E-state index in [0.29, 0.717) is 6.54 Å². The molecule has 136 valence electrons. The molecule has 0 aromatic heterocycles. The standard InChI is InChI=1S/C22H25FN2O/c1-16-13-19-5-4-12-25(21(19)20(23)14-16)15-17-6-8-18(9-7-17)22(26)24-10-2-3-11-24/h6-9,13-14H,2-5,10-12,15H2,1H3. The molecule has 2 aliphatic heterocycles. The number of anilines is 1. The third-order valence-corrected chi connectivity index (χ3v) is 5.44. The van der Waals surface area contributed by atoms with Gasteiger partial charge in [0.15, 0.2) is 0 Å². The Kier molecular flexibility index (Phi) is 4.66. The number of amides is 1. The Morgan fingerprint density at radius 3 is 2.50 bits per heavy atom. The summed E-state index contributed by atoms with van der Waals surface area (Å²) in [4.78, 5) is 16.5. The minimum atomic E-state index is -0.125. The molecule has 0 unspecified atom stereocenters. The van der Waals surface area contributed by atoms with Crippen molar-refractivity contribution in [1.82, 2.24) is 4.90 Å². The highest BCUT2D eigenvalue weighted by molar-refractivity contribution is 5.94. The highest BCUT2D eigenvalue weighted by atomic mass is 19.1. The topological polar surface area (TPSA) is 23.6 Å². The Hall–Kier alpha value is -2.36. The zero-order chi connectivity index (χ0) is 18.1. The number of hydrogen-bond donors (Lipinski definition) is 0. The van der Waals surface area contributed by atoms with Crippen LogP contribution in [0.4, 0.5) is 10.1 Å². The first-order valence-electron chi connectivity index (χ1n) is 9.54. The lowest BCUT2D eigenvalue weighted by Crippen LogP contribution is -2.30. The largest absolute Gasteiger partial charge is 0.365 e. The number of carbonyl (C=O) groups is 1. The second-order valence-electron chi connectivity index (χ2n) is 7.48. The van der Waals surface area contributed by atoms with Crippen molar-refractivity contribution in [2.45, 2.75) is 39.2 Å². The van der Waals surface area contributed by atoms with Gasteiger partial charge in [-0.3, -0.25) is 4.79 Å². The average molecular weight is 352 g/mol. The van der Waals surface area contributed by atoms with Crippen molar-refractivity contribution in [2.75, 3.05) is 24.5 Å². The number of halogens is 1. The van der Waals surface area contributed by atoms with Gasteiger partial charge in [0.1, 0.15) is 5.82 Å². The fourth-order valence-corrected chi connectivity index (χ4v) is 4.16. The van der Waals surface area contributed by atoms with E-state index in [-0.39, 0.29) is 11.7 Å². The summed E-state index contributed by atoms with van der Waals surface area (Å²) in [6.07, 6.45) is 4.18. The molecule has 2 aromatic rings. The number of likely N-dealkylation sites (tertiary alicyclic amines) is 1. The van der Waals surface area contributed by atoms with Gasteiger partial charge in [0.05, 0.1) is 5.69 Å². The van der Waals surface area contributed by atoms with Crippen LogP contribution in [-0.4, -0.2) is 30.4 Å². The van der Waals surface area contributed by atoms with Crippen LogP contribution in [0, 0.1) is 12.7 Å².